The van der Waals surface area contributed by atoms with Gasteiger partial charge < -0.3 is 0 Å². The first-order valence-corrected chi connectivity index (χ1v) is 6.35. The summed E-state index contributed by atoms with van der Waals surface area (Å²) in [5.41, 5.74) is 3.63. The van der Waals surface area contributed by atoms with Gasteiger partial charge in [0.15, 0.2) is 0 Å². The van der Waals surface area contributed by atoms with E-state index in [-0.39, 0.29) is 0 Å². The van der Waals surface area contributed by atoms with Gasteiger partial charge in [0.1, 0.15) is 0 Å². The zero-order valence-electron chi connectivity index (χ0n) is 10.6. The Balaban J connectivity index is 2.01. The lowest BCUT2D eigenvalue weighted by Crippen LogP contribution is -1.91. The van der Waals surface area contributed by atoms with Crippen LogP contribution in [0, 0.1) is 0 Å². The first-order valence-electron chi connectivity index (χ1n) is 6.35. The number of benzene rings is 2. The fourth-order valence-corrected chi connectivity index (χ4v) is 2.36. The fourth-order valence-electron chi connectivity index (χ4n) is 2.36. The largest absolute Gasteiger partial charge is 0.159 e. The Morgan fingerprint density at radius 1 is 0.700 bits per heavy atom. The zero-order valence-corrected chi connectivity index (χ0v) is 10.6. The molecule has 0 saturated carbocycles. The second kappa shape index (κ2) is 4.35. The molecule has 0 unspecified atom stereocenters. The smallest absolute Gasteiger partial charge is 0.0942 e. The molecule has 0 saturated heterocycles. The van der Waals surface area contributed by atoms with Crippen LogP contribution in [-0.2, 0) is 0 Å². The van der Waals surface area contributed by atoms with Crippen LogP contribution in [0.4, 0.5) is 0 Å². The highest BCUT2D eigenvalue weighted by Gasteiger charge is 2.07. The van der Waals surface area contributed by atoms with Crippen molar-refractivity contribution in [2.45, 2.75) is 0 Å². The number of nitrogens with zero attached hydrogens (tertiary/aromatic N) is 4. The number of hydrogen-bond acceptors (Lipinski definition) is 4. The Hall–Kier alpha value is -2.88. The SMILES string of the molecule is c1ccc2nnc(-c3cccc4nnccc34)cc2c1. The molecule has 94 valence electrons. The second-order valence-electron chi connectivity index (χ2n) is 4.56. The van der Waals surface area contributed by atoms with Crippen molar-refractivity contribution in [1.82, 2.24) is 20.4 Å². The highest BCUT2D eigenvalue weighted by atomic mass is 15.1. The van der Waals surface area contributed by atoms with E-state index in [1.54, 1.807) is 6.20 Å². The van der Waals surface area contributed by atoms with Crippen LogP contribution in [0.2, 0.25) is 0 Å². The Morgan fingerprint density at radius 2 is 1.60 bits per heavy atom. The summed E-state index contributed by atoms with van der Waals surface area (Å²) >= 11 is 0. The van der Waals surface area contributed by atoms with Gasteiger partial charge in [0.25, 0.3) is 0 Å². The summed E-state index contributed by atoms with van der Waals surface area (Å²) in [5.74, 6) is 0. The first-order chi connectivity index (χ1) is 9.92. The lowest BCUT2D eigenvalue weighted by Gasteiger charge is -2.05. The molecule has 0 amide bonds. The van der Waals surface area contributed by atoms with Gasteiger partial charge in [-0.2, -0.15) is 10.2 Å². The normalized spacial score (nSPS) is 11.0. The van der Waals surface area contributed by atoms with E-state index in [2.05, 4.69) is 26.5 Å². The van der Waals surface area contributed by atoms with E-state index in [1.807, 2.05) is 48.5 Å². The van der Waals surface area contributed by atoms with Gasteiger partial charge in [-0.15, -0.1) is 10.2 Å². The lowest BCUT2D eigenvalue weighted by molar-refractivity contribution is 1.07. The number of fused-ring (bicyclic) bond motifs is 2. The molecular formula is C16H10N4. The lowest BCUT2D eigenvalue weighted by atomic mass is 10.0. The van der Waals surface area contributed by atoms with Gasteiger partial charge in [-0.25, -0.2) is 0 Å². The molecule has 2 aromatic heterocycles. The molecule has 2 aromatic carbocycles. The Bertz CT molecular complexity index is 913. The second-order valence-corrected chi connectivity index (χ2v) is 4.56. The van der Waals surface area contributed by atoms with E-state index in [9.17, 15) is 0 Å². The minimum Gasteiger partial charge on any atom is -0.159 e. The van der Waals surface area contributed by atoms with E-state index in [1.165, 1.54) is 0 Å². The molecule has 0 aliphatic heterocycles. The zero-order chi connectivity index (χ0) is 13.4. The van der Waals surface area contributed by atoms with Gasteiger partial charge in [-0.1, -0.05) is 30.3 Å². The van der Waals surface area contributed by atoms with Crippen molar-refractivity contribution in [3.63, 3.8) is 0 Å². The molecule has 20 heavy (non-hydrogen) atoms. The van der Waals surface area contributed by atoms with Crippen LogP contribution in [0.1, 0.15) is 0 Å². The molecule has 0 aliphatic rings. The standard InChI is InChI=1S/C16H10N4/c1-2-6-14-11(4-1)10-16(20-19-14)12-5-3-7-15-13(12)8-9-17-18-15/h1-10H. The van der Waals surface area contributed by atoms with E-state index in [0.717, 1.165) is 33.1 Å². The Labute approximate surface area is 115 Å². The van der Waals surface area contributed by atoms with Crippen molar-refractivity contribution < 1.29 is 0 Å². The summed E-state index contributed by atoms with van der Waals surface area (Å²) in [7, 11) is 0. The van der Waals surface area contributed by atoms with Crippen LogP contribution in [0.5, 0.6) is 0 Å². The molecule has 4 nitrogen and oxygen atoms in total. The quantitative estimate of drug-likeness (QED) is 0.526. The highest BCUT2D eigenvalue weighted by Crippen LogP contribution is 2.26. The highest BCUT2D eigenvalue weighted by molar-refractivity contribution is 5.94. The minimum atomic E-state index is 0.849. The van der Waals surface area contributed by atoms with Crippen molar-refractivity contribution in [3.05, 3.63) is 60.8 Å². The summed E-state index contributed by atoms with van der Waals surface area (Å²) in [6.07, 6.45) is 1.69. The maximum absolute atomic E-state index is 4.33. The summed E-state index contributed by atoms with van der Waals surface area (Å²) in [6, 6.07) is 17.9. The van der Waals surface area contributed by atoms with E-state index >= 15 is 0 Å². The molecule has 0 N–H and O–H groups in total. The fraction of sp³-hybridized carbons (Fsp3) is 0. The topological polar surface area (TPSA) is 51.6 Å². The molecule has 2 heterocycles. The number of hydrogen-bond donors (Lipinski definition) is 0. The summed E-state index contributed by atoms with van der Waals surface area (Å²) in [6.45, 7) is 0. The third kappa shape index (κ3) is 1.70. The maximum Gasteiger partial charge on any atom is 0.0942 e. The van der Waals surface area contributed by atoms with Crippen molar-refractivity contribution in [3.8, 4) is 11.3 Å². The van der Waals surface area contributed by atoms with Gasteiger partial charge in [0.2, 0.25) is 0 Å². The maximum atomic E-state index is 4.33. The van der Waals surface area contributed by atoms with Crippen LogP contribution in [0.15, 0.2) is 60.8 Å². The summed E-state index contributed by atoms with van der Waals surface area (Å²) in [4.78, 5) is 0. The number of aromatic nitrogens is 4. The third-order valence-corrected chi connectivity index (χ3v) is 3.33. The van der Waals surface area contributed by atoms with E-state index in [4.69, 9.17) is 0 Å². The average Bonchev–Trinajstić information content (AvgIpc) is 2.54. The molecule has 0 bridgehead atoms. The van der Waals surface area contributed by atoms with Crippen LogP contribution in [0.3, 0.4) is 0 Å². The van der Waals surface area contributed by atoms with Gasteiger partial charge >= 0.3 is 0 Å². The molecule has 4 aromatic rings. The summed E-state index contributed by atoms with van der Waals surface area (Å²) < 4.78 is 0. The van der Waals surface area contributed by atoms with Crippen LogP contribution >= 0.6 is 0 Å². The van der Waals surface area contributed by atoms with Crippen molar-refractivity contribution >= 4 is 21.8 Å². The van der Waals surface area contributed by atoms with E-state index < -0.39 is 0 Å². The van der Waals surface area contributed by atoms with Gasteiger partial charge in [0.05, 0.1) is 22.9 Å². The molecule has 0 atom stereocenters. The van der Waals surface area contributed by atoms with Crippen molar-refractivity contribution in [2.24, 2.45) is 0 Å². The predicted octanol–water partition coefficient (Wildman–Crippen LogP) is 3.24. The third-order valence-electron chi connectivity index (χ3n) is 3.33. The molecule has 0 spiro atoms. The first kappa shape index (κ1) is 11.0. The predicted molar refractivity (Wildman–Crippen MR) is 78.1 cm³/mol. The molecule has 4 rings (SSSR count). The van der Waals surface area contributed by atoms with Crippen molar-refractivity contribution in [1.29, 1.82) is 0 Å². The Kier molecular flexibility index (Phi) is 2.39. The van der Waals surface area contributed by atoms with Gasteiger partial charge in [0, 0.05) is 16.3 Å². The van der Waals surface area contributed by atoms with Gasteiger partial charge in [-0.3, -0.25) is 0 Å². The van der Waals surface area contributed by atoms with Crippen LogP contribution in [0.25, 0.3) is 33.1 Å². The molecule has 0 fully saturated rings. The monoisotopic (exact) mass is 258 g/mol. The van der Waals surface area contributed by atoms with Crippen LogP contribution in [-0.4, -0.2) is 20.4 Å². The van der Waals surface area contributed by atoms with E-state index in [0.29, 0.717) is 0 Å². The Morgan fingerprint density at radius 3 is 2.60 bits per heavy atom. The minimum absolute atomic E-state index is 0.849. The average molecular weight is 258 g/mol. The molecular weight excluding hydrogens is 248 g/mol. The number of rotatable bonds is 1. The summed E-state index contributed by atoms with van der Waals surface area (Å²) in [5, 5.41) is 18.8. The van der Waals surface area contributed by atoms with Crippen molar-refractivity contribution in [2.75, 3.05) is 0 Å². The van der Waals surface area contributed by atoms with Gasteiger partial charge in [-0.05, 0) is 24.3 Å². The van der Waals surface area contributed by atoms with Crippen LogP contribution < -0.4 is 0 Å². The molecule has 0 aliphatic carbocycles. The molecule has 0 radical (unpaired) electrons. The molecule has 4 heteroatoms.